The number of amides is 1. The van der Waals surface area contributed by atoms with Gasteiger partial charge in [-0.05, 0) is 38.6 Å². The molecule has 0 aromatic carbocycles. The van der Waals surface area contributed by atoms with Gasteiger partial charge < -0.3 is 11.1 Å². The van der Waals surface area contributed by atoms with E-state index in [1.165, 1.54) is 19.3 Å². The lowest BCUT2D eigenvalue weighted by molar-refractivity contribution is -0.118. The van der Waals surface area contributed by atoms with Crippen LogP contribution in [-0.2, 0) is 4.79 Å². The van der Waals surface area contributed by atoms with E-state index in [2.05, 4.69) is 17.5 Å². The molecule has 3 N–H and O–H groups in total. The predicted octanol–water partition coefficient (Wildman–Crippen LogP) is 1.34. The quantitative estimate of drug-likeness (QED) is 0.497. The Balaban J connectivity index is 1.95. The summed E-state index contributed by atoms with van der Waals surface area (Å²) >= 11 is 0. The summed E-state index contributed by atoms with van der Waals surface area (Å²) in [5.74, 6) is -0.192. The van der Waals surface area contributed by atoms with Gasteiger partial charge in [-0.3, -0.25) is 4.79 Å². The first kappa shape index (κ1) is 11.2. The van der Waals surface area contributed by atoms with Gasteiger partial charge >= 0.3 is 0 Å². The second-order valence-electron chi connectivity index (χ2n) is 3.84. The van der Waals surface area contributed by atoms with Crippen LogP contribution in [0.5, 0.6) is 0 Å². The van der Waals surface area contributed by atoms with Gasteiger partial charge in [-0.2, -0.15) is 0 Å². The van der Waals surface area contributed by atoms with Gasteiger partial charge in [0.05, 0.1) is 0 Å². The first-order chi connectivity index (χ1) is 6.79. The number of nitrogens with two attached hydrogens (primary N) is 1. The molecule has 1 unspecified atom stereocenters. The molecule has 80 valence electrons. The highest BCUT2D eigenvalue weighted by Crippen LogP contribution is 2.09. The fraction of sp³-hybridized carbons (Fsp3) is 0.727. The van der Waals surface area contributed by atoms with Crippen molar-refractivity contribution in [3.05, 3.63) is 12.2 Å². The number of carbonyl (C=O) groups excluding carboxylic acids is 1. The van der Waals surface area contributed by atoms with Crippen LogP contribution < -0.4 is 11.1 Å². The monoisotopic (exact) mass is 196 g/mol. The molecule has 1 aliphatic rings. The summed E-state index contributed by atoms with van der Waals surface area (Å²) in [5, 5.41) is 3.46. The highest BCUT2D eigenvalue weighted by Gasteiger charge is 2.06. The van der Waals surface area contributed by atoms with E-state index in [1.54, 1.807) is 0 Å². The Bertz CT molecular complexity index is 201. The average molecular weight is 196 g/mol. The summed E-state index contributed by atoms with van der Waals surface area (Å²) in [4.78, 5) is 10.5. The maximum Gasteiger partial charge on any atom is 0.217 e. The molecule has 0 saturated heterocycles. The molecule has 0 radical (unpaired) electrons. The van der Waals surface area contributed by atoms with E-state index in [0.717, 1.165) is 19.4 Å². The minimum absolute atomic E-state index is 0.192. The fourth-order valence-corrected chi connectivity index (χ4v) is 1.69. The van der Waals surface area contributed by atoms with Crippen LogP contribution in [0.1, 0.15) is 38.5 Å². The summed E-state index contributed by atoms with van der Waals surface area (Å²) in [5.41, 5.74) is 5.05. The molecule has 14 heavy (non-hydrogen) atoms. The van der Waals surface area contributed by atoms with E-state index in [-0.39, 0.29) is 5.91 Å². The second kappa shape index (κ2) is 6.60. The van der Waals surface area contributed by atoms with Crippen molar-refractivity contribution in [2.24, 2.45) is 5.73 Å². The summed E-state index contributed by atoms with van der Waals surface area (Å²) in [6.45, 7) is 0.988. The minimum atomic E-state index is -0.192. The molecular weight excluding hydrogens is 176 g/mol. The molecule has 0 aromatic rings. The smallest absolute Gasteiger partial charge is 0.217 e. The minimum Gasteiger partial charge on any atom is -0.370 e. The van der Waals surface area contributed by atoms with Gasteiger partial charge in [0.1, 0.15) is 0 Å². The zero-order valence-corrected chi connectivity index (χ0v) is 8.67. The zero-order chi connectivity index (χ0) is 10.2. The summed E-state index contributed by atoms with van der Waals surface area (Å²) < 4.78 is 0. The zero-order valence-electron chi connectivity index (χ0n) is 8.67. The maximum absolute atomic E-state index is 10.5. The van der Waals surface area contributed by atoms with Crippen LogP contribution in [-0.4, -0.2) is 18.5 Å². The van der Waals surface area contributed by atoms with Crippen LogP contribution in [0.2, 0.25) is 0 Å². The van der Waals surface area contributed by atoms with E-state index >= 15 is 0 Å². The molecule has 0 aliphatic heterocycles. The molecule has 0 spiro atoms. The van der Waals surface area contributed by atoms with Crippen molar-refractivity contribution >= 4 is 5.91 Å². The van der Waals surface area contributed by atoms with Gasteiger partial charge in [0.2, 0.25) is 5.91 Å². The standard InChI is InChI=1S/C11H20N2O/c12-11(14)8-4-5-9-13-10-6-2-1-3-7-10/h2,6,10,13H,1,3-5,7-9H2,(H2,12,14). The van der Waals surface area contributed by atoms with Crippen LogP contribution in [0.4, 0.5) is 0 Å². The van der Waals surface area contributed by atoms with E-state index in [0.29, 0.717) is 12.5 Å². The van der Waals surface area contributed by atoms with Gasteiger partial charge in [-0.15, -0.1) is 0 Å². The first-order valence-corrected chi connectivity index (χ1v) is 5.47. The van der Waals surface area contributed by atoms with E-state index in [1.807, 2.05) is 0 Å². The van der Waals surface area contributed by atoms with Crippen molar-refractivity contribution < 1.29 is 4.79 Å². The Morgan fingerprint density at radius 1 is 1.50 bits per heavy atom. The van der Waals surface area contributed by atoms with Gasteiger partial charge in [-0.25, -0.2) is 0 Å². The summed E-state index contributed by atoms with van der Waals surface area (Å²) in [6.07, 6.45) is 10.7. The van der Waals surface area contributed by atoms with Crippen molar-refractivity contribution in [1.29, 1.82) is 0 Å². The maximum atomic E-state index is 10.5. The third kappa shape index (κ3) is 5.02. The third-order valence-electron chi connectivity index (χ3n) is 2.51. The van der Waals surface area contributed by atoms with Crippen LogP contribution in [0.15, 0.2) is 12.2 Å². The molecule has 0 heterocycles. The highest BCUT2D eigenvalue weighted by molar-refractivity contribution is 5.73. The molecule has 1 rings (SSSR count). The normalized spacial score (nSPS) is 21.0. The molecular formula is C11H20N2O. The number of rotatable bonds is 6. The van der Waals surface area contributed by atoms with Gasteiger partial charge in [0.25, 0.3) is 0 Å². The Hall–Kier alpha value is -0.830. The Morgan fingerprint density at radius 3 is 3.00 bits per heavy atom. The number of hydrogen-bond acceptors (Lipinski definition) is 2. The Morgan fingerprint density at radius 2 is 2.36 bits per heavy atom. The summed E-state index contributed by atoms with van der Waals surface area (Å²) in [6, 6.07) is 0.553. The SMILES string of the molecule is NC(=O)CCCCNC1C=CCCC1. The average Bonchev–Trinajstić information content (AvgIpc) is 2.18. The molecule has 1 amide bonds. The molecule has 1 aliphatic carbocycles. The molecule has 1 atom stereocenters. The van der Waals surface area contributed by atoms with E-state index in [4.69, 9.17) is 5.73 Å². The van der Waals surface area contributed by atoms with E-state index in [9.17, 15) is 4.79 Å². The number of hydrogen-bond donors (Lipinski definition) is 2. The van der Waals surface area contributed by atoms with Crippen molar-refractivity contribution in [3.63, 3.8) is 0 Å². The Kier molecular flexibility index (Phi) is 5.30. The van der Waals surface area contributed by atoms with Crippen molar-refractivity contribution in [2.75, 3.05) is 6.54 Å². The van der Waals surface area contributed by atoms with Crippen molar-refractivity contribution in [2.45, 2.75) is 44.6 Å². The molecule has 3 nitrogen and oxygen atoms in total. The number of allylic oxidation sites excluding steroid dienone is 1. The molecule has 0 aromatic heterocycles. The number of unbranched alkanes of at least 4 members (excludes halogenated alkanes) is 1. The first-order valence-electron chi connectivity index (χ1n) is 5.47. The van der Waals surface area contributed by atoms with Crippen molar-refractivity contribution in [3.8, 4) is 0 Å². The van der Waals surface area contributed by atoms with Crippen molar-refractivity contribution in [1.82, 2.24) is 5.32 Å². The van der Waals surface area contributed by atoms with Crippen LogP contribution in [0.3, 0.4) is 0 Å². The molecule has 0 saturated carbocycles. The molecule has 0 bridgehead atoms. The predicted molar refractivity (Wildman–Crippen MR) is 57.8 cm³/mol. The summed E-state index contributed by atoms with van der Waals surface area (Å²) in [7, 11) is 0. The second-order valence-corrected chi connectivity index (χ2v) is 3.84. The highest BCUT2D eigenvalue weighted by atomic mass is 16.1. The fourth-order valence-electron chi connectivity index (χ4n) is 1.69. The van der Waals surface area contributed by atoms with Gasteiger partial charge in [-0.1, -0.05) is 12.2 Å². The van der Waals surface area contributed by atoms with Crippen LogP contribution in [0.25, 0.3) is 0 Å². The molecule has 0 fully saturated rings. The Labute approximate surface area is 85.7 Å². The number of nitrogens with one attached hydrogen (secondary N) is 1. The lowest BCUT2D eigenvalue weighted by Gasteiger charge is -2.17. The lowest BCUT2D eigenvalue weighted by atomic mass is 10.0. The topological polar surface area (TPSA) is 55.1 Å². The third-order valence-corrected chi connectivity index (χ3v) is 2.51. The number of carbonyl (C=O) groups is 1. The van der Waals surface area contributed by atoms with Gasteiger partial charge in [0.15, 0.2) is 0 Å². The van der Waals surface area contributed by atoms with Gasteiger partial charge in [0, 0.05) is 12.5 Å². The lowest BCUT2D eigenvalue weighted by Crippen LogP contribution is -2.29. The van der Waals surface area contributed by atoms with Crippen LogP contribution in [0, 0.1) is 0 Å². The largest absolute Gasteiger partial charge is 0.370 e. The number of primary amides is 1. The van der Waals surface area contributed by atoms with Crippen LogP contribution >= 0.6 is 0 Å². The van der Waals surface area contributed by atoms with E-state index < -0.39 is 0 Å². The molecule has 3 heteroatoms.